The number of anilines is 2. The van der Waals surface area contributed by atoms with Crippen LogP contribution in [0.3, 0.4) is 0 Å². The molecule has 0 fully saturated rings. The van der Waals surface area contributed by atoms with Gasteiger partial charge in [-0.05, 0) is 55.0 Å². The zero-order valence-corrected chi connectivity index (χ0v) is 20.4. The number of esters is 1. The van der Waals surface area contributed by atoms with Crippen molar-refractivity contribution in [3.05, 3.63) is 57.4 Å². The Morgan fingerprint density at radius 3 is 2.62 bits per heavy atom. The van der Waals surface area contributed by atoms with Crippen LogP contribution in [0.25, 0.3) is 21.3 Å². The van der Waals surface area contributed by atoms with E-state index in [2.05, 4.69) is 11.4 Å². The first-order valence-electron chi connectivity index (χ1n) is 10.9. The molecule has 1 aliphatic carbocycles. The molecule has 1 amide bonds. The minimum atomic E-state index is -0.527. The highest BCUT2D eigenvalue weighted by Gasteiger charge is 2.25. The molecule has 1 aliphatic rings. The van der Waals surface area contributed by atoms with Gasteiger partial charge in [-0.2, -0.15) is 0 Å². The van der Waals surface area contributed by atoms with Gasteiger partial charge >= 0.3 is 5.97 Å². The van der Waals surface area contributed by atoms with Crippen LogP contribution in [0.4, 0.5) is 10.7 Å². The number of amides is 1. The van der Waals surface area contributed by atoms with E-state index in [1.54, 1.807) is 7.11 Å². The molecule has 3 aromatic heterocycles. The number of rotatable bonds is 5. The first-order valence-corrected chi connectivity index (χ1v) is 12.6. The van der Waals surface area contributed by atoms with E-state index in [-0.39, 0.29) is 5.91 Å². The van der Waals surface area contributed by atoms with Crippen LogP contribution in [0.2, 0.25) is 0 Å². The van der Waals surface area contributed by atoms with Gasteiger partial charge in [0.15, 0.2) is 0 Å². The quantitative estimate of drug-likeness (QED) is 0.354. The Labute approximate surface area is 204 Å². The Kier molecular flexibility index (Phi) is 5.97. The second kappa shape index (κ2) is 9.08. The first-order chi connectivity index (χ1) is 16.5. The van der Waals surface area contributed by atoms with Crippen LogP contribution in [-0.2, 0) is 17.6 Å². The summed E-state index contributed by atoms with van der Waals surface area (Å²) < 4.78 is 10.2. The SMILES string of the molecule is COC(=O)c1c(-c2ccc(OC)cc2)csc1NC(=O)c1sc2nc3c(cc2c1N)CCCC3. The molecule has 0 spiro atoms. The van der Waals surface area contributed by atoms with E-state index in [9.17, 15) is 9.59 Å². The Morgan fingerprint density at radius 2 is 1.88 bits per heavy atom. The van der Waals surface area contributed by atoms with Crippen LogP contribution in [0, 0.1) is 0 Å². The van der Waals surface area contributed by atoms with Crippen molar-refractivity contribution < 1.29 is 19.1 Å². The Balaban J connectivity index is 1.50. The third kappa shape index (κ3) is 3.91. The molecule has 4 aromatic rings. The number of nitrogens with one attached hydrogen (secondary N) is 1. The van der Waals surface area contributed by atoms with Gasteiger partial charge in [-0.15, -0.1) is 22.7 Å². The van der Waals surface area contributed by atoms with Crippen molar-refractivity contribution >= 4 is 55.5 Å². The fourth-order valence-corrected chi connectivity index (χ4v) is 6.17. The highest BCUT2D eigenvalue weighted by molar-refractivity contribution is 7.21. The van der Waals surface area contributed by atoms with E-state index < -0.39 is 5.97 Å². The number of ether oxygens (including phenoxy) is 2. The molecule has 0 saturated carbocycles. The van der Waals surface area contributed by atoms with Gasteiger partial charge in [0.1, 0.15) is 26.0 Å². The molecule has 0 aliphatic heterocycles. The predicted octanol–water partition coefficient (Wildman–Crippen LogP) is 5.53. The minimum absolute atomic E-state index is 0.305. The summed E-state index contributed by atoms with van der Waals surface area (Å²) in [6.07, 6.45) is 4.21. The predicted molar refractivity (Wildman–Crippen MR) is 136 cm³/mol. The zero-order valence-electron chi connectivity index (χ0n) is 18.8. The van der Waals surface area contributed by atoms with Gasteiger partial charge in [-0.1, -0.05) is 12.1 Å². The Bertz CT molecular complexity index is 1410. The first kappa shape index (κ1) is 22.4. The largest absolute Gasteiger partial charge is 0.497 e. The van der Waals surface area contributed by atoms with Gasteiger partial charge in [0.2, 0.25) is 0 Å². The zero-order chi connectivity index (χ0) is 23.8. The second-order valence-corrected chi connectivity index (χ2v) is 9.91. The molecular weight excluding hydrogens is 470 g/mol. The topological polar surface area (TPSA) is 104 Å². The molecule has 0 radical (unpaired) electrons. The number of carbonyl (C=O) groups excluding carboxylic acids is 2. The Hall–Kier alpha value is -3.43. The number of hydrogen-bond donors (Lipinski definition) is 2. The molecule has 3 heterocycles. The standard InChI is InChI=1S/C25H23N3O4S2/c1-31-15-9-7-13(8-10-15)17-12-33-24(19(17)25(30)32-2)28-22(29)21-20(26)16-11-14-5-3-4-6-18(14)27-23(16)34-21/h7-12H,3-6,26H2,1-2H3,(H,28,29). The van der Waals surface area contributed by atoms with E-state index in [0.29, 0.717) is 32.4 Å². The second-order valence-electron chi connectivity index (χ2n) is 8.03. The van der Waals surface area contributed by atoms with E-state index in [1.165, 1.54) is 35.3 Å². The van der Waals surface area contributed by atoms with Crippen molar-refractivity contribution in [3.8, 4) is 16.9 Å². The molecule has 174 valence electrons. The maximum absolute atomic E-state index is 13.2. The minimum Gasteiger partial charge on any atom is -0.497 e. The average molecular weight is 494 g/mol. The highest BCUT2D eigenvalue weighted by Crippen LogP contribution is 2.39. The van der Waals surface area contributed by atoms with Gasteiger partial charge in [-0.25, -0.2) is 9.78 Å². The highest BCUT2D eigenvalue weighted by atomic mass is 32.1. The van der Waals surface area contributed by atoms with Crippen LogP contribution < -0.4 is 15.8 Å². The number of aromatic nitrogens is 1. The van der Waals surface area contributed by atoms with E-state index in [4.69, 9.17) is 20.2 Å². The van der Waals surface area contributed by atoms with Crippen molar-refractivity contribution in [2.45, 2.75) is 25.7 Å². The lowest BCUT2D eigenvalue weighted by atomic mass is 9.95. The summed E-state index contributed by atoms with van der Waals surface area (Å²) in [6.45, 7) is 0. The van der Waals surface area contributed by atoms with Crippen LogP contribution >= 0.6 is 22.7 Å². The van der Waals surface area contributed by atoms with Gasteiger partial charge in [0.05, 0.1) is 19.9 Å². The summed E-state index contributed by atoms with van der Waals surface area (Å²) in [4.78, 5) is 31.8. The number of nitrogens with two attached hydrogens (primary N) is 1. The summed E-state index contributed by atoms with van der Waals surface area (Å²) >= 11 is 2.54. The van der Waals surface area contributed by atoms with Crippen molar-refractivity contribution in [1.82, 2.24) is 4.98 Å². The van der Waals surface area contributed by atoms with Crippen molar-refractivity contribution in [2.24, 2.45) is 0 Å². The van der Waals surface area contributed by atoms with Crippen LogP contribution in [0.15, 0.2) is 35.7 Å². The maximum atomic E-state index is 13.2. The number of nitrogens with zero attached hydrogens (tertiary/aromatic N) is 1. The van der Waals surface area contributed by atoms with Crippen LogP contribution in [-0.4, -0.2) is 31.1 Å². The van der Waals surface area contributed by atoms with E-state index in [1.807, 2.05) is 29.6 Å². The van der Waals surface area contributed by atoms with Crippen molar-refractivity contribution in [1.29, 1.82) is 0 Å². The van der Waals surface area contributed by atoms with Crippen LogP contribution in [0.5, 0.6) is 5.75 Å². The Morgan fingerprint density at radius 1 is 1.12 bits per heavy atom. The smallest absolute Gasteiger partial charge is 0.341 e. The molecular formula is C25H23N3O4S2. The number of fused-ring (bicyclic) bond motifs is 2. The summed E-state index contributed by atoms with van der Waals surface area (Å²) in [5, 5.41) is 5.93. The van der Waals surface area contributed by atoms with E-state index >= 15 is 0 Å². The van der Waals surface area contributed by atoms with Gasteiger partial charge < -0.3 is 20.5 Å². The summed E-state index contributed by atoms with van der Waals surface area (Å²) in [7, 11) is 2.92. The number of carbonyl (C=O) groups is 2. The van der Waals surface area contributed by atoms with Gasteiger partial charge in [0.25, 0.3) is 5.91 Å². The lowest BCUT2D eigenvalue weighted by molar-refractivity contribution is 0.0603. The molecule has 3 N–H and O–H groups in total. The average Bonchev–Trinajstić information content (AvgIpc) is 3.43. The monoisotopic (exact) mass is 493 g/mol. The third-order valence-corrected chi connectivity index (χ3v) is 8.02. The van der Waals surface area contributed by atoms with Crippen LogP contribution in [0.1, 0.15) is 44.1 Å². The molecule has 0 saturated heterocycles. The lowest BCUT2D eigenvalue weighted by Crippen LogP contribution is -2.14. The fraction of sp³-hybridized carbons (Fsp3) is 0.240. The summed E-state index contributed by atoms with van der Waals surface area (Å²) in [5.74, 6) is -0.185. The van der Waals surface area contributed by atoms with E-state index in [0.717, 1.165) is 47.2 Å². The number of methoxy groups -OCH3 is 2. The molecule has 0 atom stereocenters. The van der Waals surface area contributed by atoms with Crippen molar-refractivity contribution in [2.75, 3.05) is 25.3 Å². The number of pyridine rings is 1. The molecule has 7 nitrogen and oxygen atoms in total. The van der Waals surface area contributed by atoms with Gasteiger partial charge in [-0.3, -0.25) is 4.79 Å². The normalized spacial score (nSPS) is 12.9. The molecule has 0 unspecified atom stereocenters. The van der Waals surface area contributed by atoms with Gasteiger partial charge in [0, 0.05) is 22.0 Å². The number of nitrogen functional groups attached to an aromatic ring is 1. The number of benzene rings is 1. The molecule has 9 heteroatoms. The van der Waals surface area contributed by atoms with Crippen molar-refractivity contribution in [3.63, 3.8) is 0 Å². The molecule has 5 rings (SSSR count). The number of aryl methyl sites for hydroxylation is 2. The summed E-state index contributed by atoms with van der Waals surface area (Å²) in [5.41, 5.74) is 10.9. The maximum Gasteiger partial charge on any atom is 0.341 e. The lowest BCUT2D eigenvalue weighted by Gasteiger charge is -2.14. The number of thiophene rings is 2. The molecule has 34 heavy (non-hydrogen) atoms. The number of hydrogen-bond acceptors (Lipinski definition) is 8. The summed E-state index contributed by atoms with van der Waals surface area (Å²) in [6, 6.07) is 9.42. The molecule has 1 aromatic carbocycles. The third-order valence-electron chi connectivity index (χ3n) is 6.01. The molecule has 0 bridgehead atoms. The fourth-order valence-electron chi connectivity index (χ4n) is 4.23.